The van der Waals surface area contributed by atoms with E-state index in [0.29, 0.717) is 12.6 Å². The molecule has 1 N–H and O–H groups in total. The first kappa shape index (κ1) is 14.8. The first-order chi connectivity index (χ1) is 10.2. The predicted molar refractivity (Wildman–Crippen MR) is 83.1 cm³/mol. The summed E-state index contributed by atoms with van der Waals surface area (Å²) in [5.74, 6) is -0.113. The van der Waals surface area contributed by atoms with E-state index in [1.807, 2.05) is 12.1 Å². The highest BCUT2D eigenvalue weighted by molar-refractivity contribution is 5.56. The van der Waals surface area contributed by atoms with Gasteiger partial charge in [-0.25, -0.2) is 4.39 Å². The van der Waals surface area contributed by atoms with Crippen LogP contribution < -0.4 is 10.2 Å². The molecule has 3 rings (SSSR count). The molecule has 0 amide bonds. The number of nitrogens with zero attached hydrogens (tertiary/aromatic N) is 1. The second-order valence-electron chi connectivity index (χ2n) is 6.26. The number of para-hydroxylation sites is 1. The molecule has 1 heterocycles. The van der Waals surface area contributed by atoms with E-state index in [4.69, 9.17) is 4.74 Å². The second kappa shape index (κ2) is 6.32. The van der Waals surface area contributed by atoms with Gasteiger partial charge in [-0.05, 0) is 37.8 Å². The molecular weight excluding hydrogens is 267 g/mol. The molecule has 1 aromatic rings. The zero-order valence-electron chi connectivity index (χ0n) is 12.9. The highest BCUT2D eigenvalue weighted by Gasteiger charge is 2.29. The Balaban J connectivity index is 1.86. The van der Waals surface area contributed by atoms with E-state index in [-0.39, 0.29) is 18.0 Å². The lowest BCUT2D eigenvalue weighted by atomic mass is 10.1. The van der Waals surface area contributed by atoms with Crippen molar-refractivity contribution in [3.05, 3.63) is 29.6 Å². The molecule has 2 atom stereocenters. The Morgan fingerprint density at radius 3 is 2.90 bits per heavy atom. The molecule has 1 aliphatic heterocycles. The van der Waals surface area contributed by atoms with Crippen LogP contribution in [0.1, 0.15) is 38.7 Å². The van der Waals surface area contributed by atoms with Gasteiger partial charge in [0.2, 0.25) is 0 Å². The van der Waals surface area contributed by atoms with E-state index in [9.17, 15) is 4.39 Å². The molecule has 2 unspecified atom stereocenters. The van der Waals surface area contributed by atoms with Crippen molar-refractivity contribution in [3.63, 3.8) is 0 Å². The van der Waals surface area contributed by atoms with Crippen LogP contribution >= 0.6 is 0 Å². The fourth-order valence-corrected chi connectivity index (χ4v) is 3.02. The van der Waals surface area contributed by atoms with Crippen molar-refractivity contribution in [2.24, 2.45) is 0 Å². The third kappa shape index (κ3) is 3.38. The lowest BCUT2D eigenvalue weighted by Crippen LogP contribution is -2.49. The van der Waals surface area contributed by atoms with Crippen LogP contribution in [-0.2, 0) is 11.3 Å². The third-order valence-corrected chi connectivity index (χ3v) is 4.46. The van der Waals surface area contributed by atoms with Crippen LogP contribution in [0, 0.1) is 5.82 Å². The standard InChI is InChI=1S/C17H25FN2O/c1-3-15-11-21-12(2)10-20(15)17-13(5-4-6-16(17)18)9-19-14-7-8-14/h4-6,12,14-15,19H,3,7-11H2,1-2H3. The molecule has 2 fully saturated rings. The first-order valence-corrected chi connectivity index (χ1v) is 8.08. The Kier molecular flexibility index (Phi) is 4.45. The van der Waals surface area contributed by atoms with Crippen molar-refractivity contribution < 1.29 is 9.13 Å². The number of benzene rings is 1. The number of halogens is 1. The summed E-state index contributed by atoms with van der Waals surface area (Å²) in [5, 5.41) is 3.50. The molecule has 0 bridgehead atoms. The summed E-state index contributed by atoms with van der Waals surface area (Å²) >= 11 is 0. The number of ether oxygens (including phenoxy) is 1. The highest BCUT2D eigenvalue weighted by Crippen LogP contribution is 2.30. The minimum absolute atomic E-state index is 0.113. The molecule has 4 heteroatoms. The van der Waals surface area contributed by atoms with Gasteiger partial charge in [0.15, 0.2) is 0 Å². The van der Waals surface area contributed by atoms with E-state index in [1.165, 1.54) is 12.8 Å². The number of morpholine rings is 1. The molecule has 21 heavy (non-hydrogen) atoms. The predicted octanol–water partition coefficient (Wildman–Crippen LogP) is 3.08. The minimum atomic E-state index is -0.113. The van der Waals surface area contributed by atoms with Gasteiger partial charge < -0.3 is 15.0 Å². The van der Waals surface area contributed by atoms with Crippen LogP contribution in [0.3, 0.4) is 0 Å². The van der Waals surface area contributed by atoms with E-state index < -0.39 is 0 Å². The van der Waals surface area contributed by atoms with Gasteiger partial charge in [-0.3, -0.25) is 0 Å². The van der Waals surface area contributed by atoms with Crippen LogP contribution in [0.25, 0.3) is 0 Å². The number of hydrogen-bond acceptors (Lipinski definition) is 3. The lowest BCUT2D eigenvalue weighted by Gasteiger charge is -2.41. The molecule has 0 aromatic heterocycles. The Bertz CT molecular complexity index is 490. The molecule has 1 aliphatic carbocycles. The van der Waals surface area contributed by atoms with Crippen LogP contribution in [0.15, 0.2) is 18.2 Å². The molecular formula is C17H25FN2O. The smallest absolute Gasteiger partial charge is 0.146 e. The van der Waals surface area contributed by atoms with E-state index >= 15 is 0 Å². The zero-order chi connectivity index (χ0) is 14.8. The Morgan fingerprint density at radius 2 is 2.19 bits per heavy atom. The maximum atomic E-state index is 14.5. The topological polar surface area (TPSA) is 24.5 Å². The molecule has 2 aliphatic rings. The molecule has 1 saturated heterocycles. The minimum Gasteiger partial charge on any atom is -0.375 e. The van der Waals surface area contributed by atoms with Crippen LogP contribution in [-0.4, -0.2) is 31.3 Å². The fourth-order valence-electron chi connectivity index (χ4n) is 3.02. The number of rotatable bonds is 5. The Morgan fingerprint density at radius 1 is 1.38 bits per heavy atom. The number of anilines is 1. The molecule has 3 nitrogen and oxygen atoms in total. The van der Waals surface area contributed by atoms with Gasteiger partial charge in [-0.2, -0.15) is 0 Å². The SMILES string of the molecule is CCC1COC(C)CN1c1c(F)cccc1CNC1CC1. The maximum Gasteiger partial charge on any atom is 0.146 e. The van der Waals surface area contributed by atoms with Crippen LogP contribution in [0.4, 0.5) is 10.1 Å². The van der Waals surface area contributed by atoms with Gasteiger partial charge in [0.1, 0.15) is 5.82 Å². The molecule has 1 aromatic carbocycles. The monoisotopic (exact) mass is 292 g/mol. The molecule has 0 spiro atoms. The molecule has 116 valence electrons. The average Bonchev–Trinajstić information content (AvgIpc) is 3.29. The summed E-state index contributed by atoms with van der Waals surface area (Å²) in [6.45, 7) is 6.39. The van der Waals surface area contributed by atoms with Crippen molar-refractivity contribution in [3.8, 4) is 0 Å². The highest BCUT2D eigenvalue weighted by atomic mass is 19.1. The average molecular weight is 292 g/mol. The van der Waals surface area contributed by atoms with Gasteiger partial charge in [0.05, 0.1) is 24.4 Å². The van der Waals surface area contributed by atoms with E-state index in [0.717, 1.165) is 30.8 Å². The fraction of sp³-hybridized carbons (Fsp3) is 0.647. The van der Waals surface area contributed by atoms with Crippen molar-refractivity contribution in [2.45, 2.75) is 57.8 Å². The van der Waals surface area contributed by atoms with Gasteiger partial charge in [0, 0.05) is 19.1 Å². The van der Waals surface area contributed by atoms with Gasteiger partial charge in [-0.1, -0.05) is 19.1 Å². The molecule has 0 radical (unpaired) electrons. The van der Waals surface area contributed by atoms with Crippen molar-refractivity contribution >= 4 is 5.69 Å². The first-order valence-electron chi connectivity index (χ1n) is 8.08. The van der Waals surface area contributed by atoms with Crippen molar-refractivity contribution in [1.82, 2.24) is 5.32 Å². The Labute approximate surface area is 126 Å². The third-order valence-electron chi connectivity index (χ3n) is 4.46. The summed E-state index contributed by atoms with van der Waals surface area (Å²) in [6, 6.07) is 6.32. The summed E-state index contributed by atoms with van der Waals surface area (Å²) in [6.07, 6.45) is 3.61. The van der Waals surface area contributed by atoms with E-state index in [2.05, 4.69) is 24.1 Å². The van der Waals surface area contributed by atoms with Crippen LogP contribution in [0.2, 0.25) is 0 Å². The lowest BCUT2D eigenvalue weighted by molar-refractivity contribution is 0.0296. The summed E-state index contributed by atoms with van der Waals surface area (Å²) in [7, 11) is 0. The second-order valence-corrected chi connectivity index (χ2v) is 6.26. The van der Waals surface area contributed by atoms with Gasteiger partial charge in [0.25, 0.3) is 0 Å². The summed E-state index contributed by atoms with van der Waals surface area (Å²) in [4.78, 5) is 2.22. The molecule has 1 saturated carbocycles. The van der Waals surface area contributed by atoms with Crippen LogP contribution in [0.5, 0.6) is 0 Å². The zero-order valence-corrected chi connectivity index (χ0v) is 12.9. The summed E-state index contributed by atoms with van der Waals surface area (Å²) < 4.78 is 20.2. The largest absolute Gasteiger partial charge is 0.375 e. The summed E-state index contributed by atoms with van der Waals surface area (Å²) in [5.41, 5.74) is 1.84. The van der Waals surface area contributed by atoms with Gasteiger partial charge >= 0.3 is 0 Å². The number of hydrogen-bond donors (Lipinski definition) is 1. The van der Waals surface area contributed by atoms with E-state index in [1.54, 1.807) is 6.07 Å². The van der Waals surface area contributed by atoms with Crippen molar-refractivity contribution in [1.29, 1.82) is 0 Å². The number of nitrogens with one attached hydrogen (secondary N) is 1. The van der Waals surface area contributed by atoms with Gasteiger partial charge in [-0.15, -0.1) is 0 Å². The Hall–Kier alpha value is -1.13. The maximum absolute atomic E-state index is 14.5. The quantitative estimate of drug-likeness (QED) is 0.902. The normalized spacial score (nSPS) is 26.1. The van der Waals surface area contributed by atoms with Crippen molar-refractivity contribution in [2.75, 3.05) is 18.1 Å².